The van der Waals surface area contributed by atoms with Crippen LogP contribution in [0.25, 0.3) is 11.0 Å². The molecule has 0 saturated heterocycles. The SMILES string of the molecule is CC(C(=O)Nc1ccc(Cl)c(F)c1)[C@H]1[C@@H]2C[C@@H](n3cnc4cc(F)c(F)cc43)C[C@@H]21. The highest BCUT2D eigenvalue weighted by atomic mass is 35.5. The maximum absolute atomic E-state index is 13.7. The third-order valence-electron chi connectivity index (χ3n) is 6.67. The summed E-state index contributed by atoms with van der Waals surface area (Å²) in [4.78, 5) is 16.8. The van der Waals surface area contributed by atoms with Crippen molar-refractivity contribution in [1.82, 2.24) is 9.55 Å². The van der Waals surface area contributed by atoms with Crippen LogP contribution in [0.4, 0.5) is 18.9 Å². The van der Waals surface area contributed by atoms with Crippen molar-refractivity contribution in [2.24, 2.45) is 23.7 Å². The van der Waals surface area contributed by atoms with Gasteiger partial charge in [0.25, 0.3) is 0 Å². The van der Waals surface area contributed by atoms with Crippen molar-refractivity contribution >= 4 is 34.2 Å². The molecule has 5 rings (SSSR count). The predicted molar refractivity (Wildman–Crippen MR) is 108 cm³/mol. The zero-order valence-electron chi connectivity index (χ0n) is 16.1. The number of anilines is 1. The highest BCUT2D eigenvalue weighted by Crippen LogP contribution is 2.64. The predicted octanol–water partition coefficient (Wildman–Crippen LogP) is 5.58. The summed E-state index contributed by atoms with van der Waals surface area (Å²) in [7, 11) is 0. The summed E-state index contributed by atoms with van der Waals surface area (Å²) >= 11 is 5.68. The van der Waals surface area contributed by atoms with Gasteiger partial charge in [0.1, 0.15) is 5.82 Å². The highest BCUT2D eigenvalue weighted by molar-refractivity contribution is 6.30. The van der Waals surface area contributed by atoms with E-state index in [1.54, 1.807) is 12.4 Å². The number of nitrogens with zero attached hydrogens (tertiary/aromatic N) is 2. The zero-order valence-corrected chi connectivity index (χ0v) is 16.8. The quantitative estimate of drug-likeness (QED) is 0.584. The van der Waals surface area contributed by atoms with E-state index in [4.69, 9.17) is 11.6 Å². The monoisotopic (exact) mass is 433 g/mol. The molecule has 30 heavy (non-hydrogen) atoms. The van der Waals surface area contributed by atoms with E-state index in [0.717, 1.165) is 18.9 Å². The van der Waals surface area contributed by atoms with Gasteiger partial charge in [0, 0.05) is 29.8 Å². The van der Waals surface area contributed by atoms with Crippen LogP contribution in [-0.2, 0) is 4.79 Å². The maximum atomic E-state index is 13.7. The van der Waals surface area contributed by atoms with Gasteiger partial charge in [0.15, 0.2) is 11.6 Å². The van der Waals surface area contributed by atoms with Gasteiger partial charge in [-0.15, -0.1) is 0 Å². The molecule has 5 atom stereocenters. The van der Waals surface area contributed by atoms with Crippen LogP contribution in [0.3, 0.4) is 0 Å². The molecule has 1 heterocycles. The second kappa shape index (κ2) is 7.01. The number of imidazole rings is 1. The third-order valence-corrected chi connectivity index (χ3v) is 6.98. The molecular formula is C22H19ClF3N3O. The number of hydrogen-bond acceptors (Lipinski definition) is 2. The summed E-state index contributed by atoms with van der Waals surface area (Å²) < 4.78 is 42.6. The minimum Gasteiger partial charge on any atom is -0.327 e. The summed E-state index contributed by atoms with van der Waals surface area (Å²) in [6.45, 7) is 1.89. The van der Waals surface area contributed by atoms with Crippen molar-refractivity contribution in [3.63, 3.8) is 0 Å². The minimum absolute atomic E-state index is 0.0125. The molecule has 156 valence electrons. The van der Waals surface area contributed by atoms with Crippen molar-refractivity contribution in [2.75, 3.05) is 5.32 Å². The van der Waals surface area contributed by atoms with E-state index in [-0.39, 0.29) is 28.8 Å². The molecule has 1 amide bonds. The van der Waals surface area contributed by atoms with Gasteiger partial charge in [-0.05, 0) is 48.8 Å². The van der Waals surface area contributed by atoms with Gasteiger partial charge < -0.3 is 9.88 Å². The number of amides is 1. The lowest BCUT2D eigenvalue weighted by atomic mass is 9.96. The molecule has 1 aromatic heterocycles. The molecule has 2 fully saturated rings. The van der Waals surface area contributed by atoms with Crippen LogP contribution in [0.2, 0.25) is 5.02 Å². The molecular weight excluding hydrogens is 415 g/mol. The first-order chi connectivity index (χ1) is 14.3. The smallest absolute Gasteiger partial charge is 0.227 e. The van der Waals surface area contributed by atoms with Crippen LogP contribution in [0.15, 0.2) is 36.7 Å². The fourth-order valence-corrected chi connectivity index (χ4v) is 5.27. The summed E-state index contributed by atoms with van der Waals surface area (Å²) in [5.74, 6) is -1.62. The Bertz CT molecular complexity index is 1150. The topological polar surface area (TPSA) is 46.9 Å². The fraction of sp³-hybridized carbons (Fsp3) is 0.364. The molecule has 8 heteroatoms. The van der Waals surface area contributed by atoms with Crippen LogP contribution in [0.1, 0.15) is 25.8 Å². The van der Waals surface area contributed by atoms with E-state index in [2.05, 4.69) is 10.3 Å². The van der Waals surface area contributed by atoms with Gasteiger partial charge in [-0.25, -0.2) is 18.2 Å². The Morgan fingerprint density at radius 2 is 1.83 bits per heavy atom. The lowest BCUT2D eigenvalue weighted by molar-refractivity contribution is -0.120. The van der Waals surface area contributed by atoms with Gasteiger partial charge in [-0.2, -0.15) is 0 Å². The Morgan fingerprint density at radius 1 is 1.13 bits per heavy atom. The van der Waals surface area contributed by atoms with E-state index in [1.165, 1.54) is 18.2 Å². The number of nitrogens with one attached hydrogen (secondary N) is 1. The van der Waals surface area contributed by atoms with Crippen molar-refractivity contribution < 1.29 is 18.0 Å². The van der Waals surface area contributed by atoms with Gasteiger partial charge in [-0.1, -0.05) is 18.5 Å². The molecule has 2 aromatic carbocycles. The molecule has 4 nitrogen and oxygen atoms in total. The first-order valence-electron chi connectivity index (χ1n) is 9.91. The van der Waals surface area contributed by atoms with Crippen molar-refractivity contribution in [2.45, 2.75) is 25.8 Å². The number of benzene rings is 2. The number of hydrogen-bond donors (Lipinski definition) is 1. The number of carbonyl (C=O) groups is 1. The molecule has 2 aliphatic carbocycles. The Morgan fingerprint density at radius 3 is 2.53 bits per heavy atom. The molecule has 0 bridgehead atoms. The Kier molecular flexibility index (Phi) is 4.54. The van der Waals surface area contributed by atoms with Crippen molar-refractivity contribution in [3.8, 4) is 0 Å². The average molecular weight is 434 g/mol. The molecule has 0 radical (unpaired) electrons. The van der Waals surface area contributed by atoms with E-state index in [0.29, 0.717) is 28.6 Å². The average Bonchev–Trinajstić information content (AvgIpc) is 3.02. The highest BCUT2D eigenvalue weighted by Gasteiger charge is 2.59. The van der Waals surface area contributed by atoms with E-state index in [1.807, 2.05) is 11.5 Å². The number of halogens is 4. The summed E-state index contributed by atoms with van der Waals surface area (Å²) in [6, 6.07) is 6.67. The first-order valence-corrected chi connectivity index (χ1v) is 10.3. The van der Waals surface area contributed by atoms with Crippen LogP contribution in [-0.4, -0.2) is 15.5 Å². The molecule has 1 unspecified atom stereocenters. The van der Waals surface area contributed by atoms with Crippen LogP contribution >= 0.6 is 11.6 Å². The Hall–Kier alpha value is -2.54. The molecule has 0 spiro atoms. The van der Waals surface area contributed by atoms with E-state index < -0.39 is 17.5 Å². The first kappa shape index (κ1) is 19.4. The maximum Gasteiger partial charge on any atom is 0.227 e. The molecule has 1 N–H and O–H groups in total. The van der Waals surface area contributed by atoms with Crippen molar-refractivity contribution in [3.05, 3.63) is 59.1 Å². The zero-order chi connectivity index (χ0) is 21.2. The largest absolute Gasteiger partial charge is 0.327 e. The Labute approximate surface area is 176 Å². The summed E-state index contributed by atoms with van der Waals surface area (Å²) in [5, 5.41) is 2.78. The fourth-order valence-electron chi connectivity index (χ4n) is 5.15. The third kappa shape index (κ3) is 3.16. The number of aromatic nitrogens is 2. The number of carbonyl (C=O) groups excluding carboxylic acids is 1. The second-order valence-electron chi connectivity index (χ2n) is 8.34. The normalized spacial score (nSPS) is 25.9. The number of rotatable bonds is 4. The van der Waals surface area contributed by atoms with E-state index in [9.17, 15) is 18.0 Å². The lowest BCUT2D eigenvalue weighted by Gasteiger charge is -2.20. The molecule has 0 aliphatic heterocycles. The van der Waals surface area contributed by atoms with Gasteiger partial charge in [0.2, 0.25) is 5.91 Å². The molecule has 3 aromatic rings. The Balaban J connectivity index is 1.24. The van der Waals surface area contributed by atoms with Crippen LogP contribution in [0.5, 0.6) is 0 Å². The van der Waals surface area contributed by atoms with Crippen molar-refractivity contribution in [1.29, 1.82) is 0 Å². The van der Waals surface area contributed by atoms with Gasteiger partial charge in [-0.3, -0.25) is 4.79 Å². The summed E-state index contributed by atoms with van der Waals surface area (Å²) in [5.41, 5.74) is 1.41. The van der Waals surface area contributed by atoms with Crippen LogP contribution in [0, 0.1) is 41.1 Å². The van der Waals surface area contributed by atoms with E-state index >= 15 is 0 Å². The standard InChI is InChI=1S/C22H19ClF3N3O/c1-10(22(30)28-11-2-3-15(23)16(24)4-11)21-13-5-12(6-14(13)21)29-9-27-19-7-17(25)18(26)8-20(19)29/h2-4,7-10,12-14,21H,5-6H2,1H3,(H,28,30)/t10?,12-,13-,14+,21+. The molecule has 2 aliphatic rings. The number of fused-ring (bicyclic) bond motifs is 2. The van der Waals surface area contributed by atoms with Crippen LogP contribution < -0.4 is 5.32 Å². The summed E-state index contributed by atoms with van der Waals surface area (Å²) in [6.07, 6.45) is 3.37. The molecule has 2 saturated carbocycles. The second-order valence-corrected chi connectivity index (χ2v) is 8.75. The van der Waals surface area contributed by atoms with Gasteiger partial charge >= 0.3 is 0 Å². The minimum atomic E-state index is -0.900. The lowest BCUT2D eigenvalue weighted by Crippen LogP contribution is -2.24. The van der Waals surface area contributed by atoms with Gasteiger partial charge in [0.05, 0.1) is 22.4 Å².